The van der Waals surface area contributed by atoms with E-state index in [0.29, 0.717) is 17.8 Å². The zero-order valence-electron chi connectivity index (χ0n) is 10.1. The van der Waals surface area contributed by atoms with Crippen molar-refractivity contribution in [2.45, 2.75) is 19.9 Å². The van der Waals surface area contributed by atoms with Gasteiger partial charge in [0.05, 0.1) is 18.4 Å². The maximum absolute atomic E-state index is 13.5. The predicted octanol–water partition coefficient (Wildman–Crippen LogP) is 2.85. The maximum Gasteiger partial charge on any atom is 0.135 e. The fourth-order valence-electron chi connectivity index (χ4n) is 1.68. The van der Waals surface area contributed by atoms with Gasteiger partial charge in [0.15, 0.2) is 0 Å². The number of nitrogens with one attached hydrogen (secondary N) is 2. The Kier molecular flexibility index (Phi) is 4.04. The quantitative estimate of drug-likeness (QED) is 0.802. The second-order valence-electron chi connectivity index (χ2n) is 4.04. The van der Waals surface area contributed by atoms with Crippen molar-refractivity contribution in [3.05, 3.63) is 41.9 Å². The van der Waals surface area contributed by atoms with E-state index < -0.39 is 11.6 Å². The summed E-state index contributed by atoms with van der Waals surface area (Å²) in [4.78, 5) is 7.16. The molecule has 0 radical (unpaired) electrons. The van der Waals surface area contributed by atoms with Crippen molar-refractivity contribution in [2.24, 2.45) is 0 Å². The third-order valence-electron chi connectivity index (χ3n) is 2.57. The van der Waals surface area contributed by atoms with Gasteiger partial charge in [-0.05, 0) is 25.1 Å². The Labute approximate surface area is 104 Å². The van der Waals surface area contributed by atoms with Crippen LogP contribution in [0.5, 0.6) is 0 Å². The number of hydrogen-bond acceptors (Lipinski definition) is 2. The summed E-state index contributed by atoms with van der Waals surface area (Å²) in [5.41, 5.74) is 0.881. The number of halogens is 2. The smallest absolute Gasteiger partial charge is 0.135 e. The van der Waals surface area contributed by atoms with E-state index in [2.05, 4.69) is 22.2 Å². The van der Waals surface area contributed by atoms with Crippen molar-refractivity contribution >= 4 is 0 Å². The van der Waals surface area contributed by atoms with Gasteiger partial charge in [0.1, 0.15) is 17.5 Å². The molecule has 1 aromatic carbocycles. The minimum absolute atomic E-state index is 0.325. The lowest BCUT2D eigenvalue weighted by molar-refractivity contribution is 0.585. The molecular weight excluding hydrogens is 236 g/mol. The molecule has 0 saturated heterocycles. The summed E-state index contributed by atoms with van der Waals surface area (Å²) in [5.74, 6) is -0.436. The van der Waals surface area contributed by atoms with Crippen LogP contribution in [0.15, 0.2) is 24.4 Å². The second-order valence-corrected chi connectivity index (χ2v) is 4.04. The molecule has 2 rings (SSSR count). The Hall–Kier alpha value is -1.75. The molecule has 0 atom stereocenters. The Bertz CT molecular complexity index is 523. The molecule has 5 heteroatoms. The number of rotatable bonds is 5. The van der Waals surface area contributed by atoms with Crippen molar-refractivity contribution in [2.75, 3.05) is 6.54 Å². The maximum atomic E-state index is 13.5. The van der Waals surface area contributed by atoms with Crippen LogP contribution in [0.1, 0.15) is 19.2 Å². The molecule has 0 bridgehead atoms. The largest absolute Gasteiger partial charge is 0.341 e. The van der Waals surface area contributed by atoms with E-state index in [1.165, 1.54) is 12.1 Å². The summed E-state index contributed by atoms with van der Waals surface area (Å²) in [5, 5.41) is 3.19. The van der Waals surface area contributed by atoms with E-state index in [1.807, 2.05) is 0 Å². The average Bonchev–Trinajstić information content (AvgIpc) is 2.78. The number of imidazole rings is 1. The molecular formula is C13H15F2N3. The van der Waals surface area contributed by atoms with E-state index in [1.54, 1.807) is 6.20 Å². The van der Waals surface area contributed by atoms with E-state index >= 15 is 0 Å². The fraction of sp³-hybridized carbons (Fsp3) is 0.308. The van der Waals surface area contributed by atoms with Crippen molar-refractivity contribution in [1.29, 1.82) is 0 Å². The Morgan fingerprint density at radius 2 is 2.17 bits per heavy atom. The highest BCUT2D eigenvalue weighted by molar-refractivity contribution is 5.59. The van der Waals surface area contributed by atoms with E-state index in [-0.39, 0.29) is 0 Å². The molecule has 1 heterocycles. The van der Waals surface area contributed by atoms with Gasteiger partial charge in [0, 0.05) is 11.6 Å². The number of hydrogen-bond donors (Lipinski definition) is 2. The van der Waals surface area contributed by atoms with E-state index in [4.69, 9.17) is 0 Å². The molecule has 18 heavy (non-hydrogen) atoms. The minimum atomic E-state index is -0.591. The van der Waals surface area contributed by atoms with Crippen LogP contribution < -0.4 is 5.32 Å². The third kappa shape index (κ3) is 2.92. The average molecular weight is 251 g/mol. The highest BCUT2D eigenvalue weighted by atomic mass is 19.1. The zero-order chi connectivity index (χ0) is 13.0. The van der Waals surface area contributed by atoms with Gasteiger partial charge in [0.2, 0.25) is 0 Å². The highest BCUT2D eigenvalue weighted by Gasteiger charge is 2.09. The van der Waals surface area contributed by atoms with Gasteiger partial charge < -0.3 is 10.3 Å². The molecule has 96 valence electrons. The lowest BCUT2D eigenvalue weighted by atomic mass is 10.1. The first-order valence-corrected chi connectivity index (χ1v) is 5.90. The summed E-state index contributed by atoms with van der Waals surface area (Å²) in [6, 6.07) is 3.50. The van der Waals surface area contributed by atoms with Gasteiger partial charge in [-0.3, -0.25) is 0 Å². The normalized spacial score (nSPS) is 10.8. The molecule has 0 amide bonds. The van der Waals surface area contributed by atoms with Crippen molar-refractivity contribution in [3.63, 3.8) is 0 Å². The lowest BCUT2D eigenvalue weighted by Gasteiger charge is -2.01. The van der Waals surface area contributed by atoms with Crippen LogP contribution in [-0.2, 0) is 6.54 Å². The number of aromatic amines is 1. The predicted molar refractivity (Wildman–Crippen MR) is 65.9 cm³/mol. The minimum Gasteiger partial charge on any atom is -0.341 e. The number of aromatic nitrogens is 2. The summed E-state index contributed by atoms with van der Waals surface area (Å²) >= 11 is 0. The number of H-pyrrole nitrogens is 1. The first-order chi connectivity index (χ1) is 8.70. The van der Waals surface area contributed by atoms with E-state index in [9.17, 15) is 8.78 Å². The van der Waals surface area contributed by atoms with Gasteiger partial charge in [0.25, 0.3) is 0 Å². The molecule has 0 saturated carbocycles. The SMILES string of the molecule is CCCNCc1ncc(-c2ccc(F)cc2F)[nH]1. The van der Waals surface area contributed by atoms with Gasteiger partial charge in [-0.25, -0.2) is 13.8 Å². The Morgan fingerprint density at radius 1 is 1.33 bits per heavy atom. The highest BCUT2D eigenvalue weighted by Crippen LogP contribution is 2.21. The van der Waals surface area contributed by atoms with Crippen molar-refractivity contribution in [1.82, 2.24) is 15.3 Å². The summed E-state index contributed by atoms with van der Waals surface area (Å²) in [6.45, 7) is 3.59. The van der Waals surface area contributed by atoms with Crippen LogP contribution in [0.4, 0.5) is 8.78 Å². The van der Waals surface area contributed by atoms with Gasteiger partial charge in [-0.2, -0.15) is 0 Å². The van der Waals surface area contributed by atoms with Gasteiger partial charge in [-0.1, -0.05) is 6.92 Å². The second kappa shape index (κ2) is 5.73. The van der Waals surface area contributed by atoms with Crippen LogP contribution in [0.3, 0.4) is 0 Å². The molecule has 0 aliphatic carbocycles. The molecule has 0 aliphatic heterocycles. The molecule has 0 aliphatic rings. The molecule has 1 aromatic heterocycles. The summed E-state index contributed by atoms with van der Waals surface area (Å²) in [6.07, 6.45) is 2.60. The monoisotopic (exact) mass is 251 g/mol. The van der Waals surface area contributed by atoms with Crippen LogP contribution in [0.2, 0.25) is 0 Å². The molecule has 0 unspecified atom stereocenters. The molecule has 3 nitrogen and oxygen atoms in total. The molecule has 0 fully saturated rings. The molecule has 0 spiro atoms. The number of nitrogens with zero attached hydrogens (tertiary/aromatic N) is 1. The lowest BCUT2D eigenvalue weighted by Crippen LogP contribution is -2.14. The van der Waals surface area contributed by atoms with Crippen LogP contribution in [-0.4, -0.2) is 16.5 Å². The zero-order valence-corrected chi connectivity index (χ0v) is 10.1. The van der Waals surface area contributed by atoms with Crippen LogP contribution >= 0.6 is 0 Å². The Morgan fingerprint density at radius 3 is 2.89 bits per heavy atom. The summed E-state index contributed by atoms with van der Waals surface area (Å²) < 4.78 is 26.3. The van der Waals surface area contributed by atoms with Gasteiger partial charge >= 0.3 is 0 Å². The van der Waals surface area contributed by atoms with E-state index in [0.717, 1.165) is 24.9 Å². The first kappa shape index (κ1) is 12.7. The van der Waals surface area contributed by atoms with Crippen molar-refractivity contribution in [3.8, 4) is 11.3 Å². The Balaban J connectivity index is 2.13. The van der Waals surface area contributed by atoms with Crippen LogP contribution in [0, 0.1) is 11.6 Å². The standard InChI is InChI=1S/C13H15F2N3/c1-2-5-16-8-13-17-7-12(18-13)10-4-3-9(14)6-11(10)15/h3-4,6-7,16H,2,5,8H2,1H3,(H,17,18). The van der Waals surface area contributed by atoms with Crippen LogP contribution in [0.25, 0.3) is 11.3 Å². The fourth-order valence-corrected chi connectivity index (χ4v) is 1.68. The third-order valence-corrected chi connectivity index (χ3v) is 2.57. The first-order valence-electron chi connectivity index (χ1n) is 5.90. The molecule has 2 aromatic rings. The summed E-state index contributed by atoms with van der Waals surface area (Å²) in [7, 11) is 0. The number of benzene rings is 1. The van der Waals surface area contributed by atoms with Crippen molar-refractivity contribution < 1.29 is 8.78 Å². The van der Waals surface area contributed by atoms with Gasteiger partial charge in [-0.15, -0.1) is 0 Å². The topological polar surface area (TPSA) is 40.7 Å². The molecule has 2 N–H and O–H groups in total.